The van der Waals surface area contributed by atoms with Crippen molar-refractivity contribution < 1.29 is 9.18 Å². The Hall–Kier alpha value is -1.13. The van der Waals surface area contributed by atoms with Crippen molar-refractivity contribution in [3.63, 3.8) is 0 Å². The molecule has 0 spiro atoms. The highest BCUT2D eigenvalue weighted by Crippen LogP contribution is 2.21. The van der Waals surface area contributed by atoms with E-state index in [-0.39, 0.29) is 11.5 Å². The molecular weight excluding hydrogens is 291 g/mol. The predicted molar refractivity (Wildman–Crippen MR) is 83.2 cm³/mol. The molecule has 1 aromatic rings. The Morgan fingerprint density at radius 2 is 2.29 bits per heavy atom. The lowest BCUT2D eigenvalue weighted by Crippen LogP contribution is -2.44. The Morgan fingerprint density at radius 1 is 1.52 bits per heavy atom. The van der Waals surface area contributed by atoms with Crippen LogP contribution in [0.4, 0.5) is 4.39 Å². The number of amides is 1. The lowest BCUT2D eigenvalue weighted by atomic mass is 9.97. The van der Waals surface area contributed by atoms with Crippen molar-refractivity contribution in [3.05, 3.63) is 34.6 Å². The Balaban J connectivity index is 2.03. The van der Waals surface area contributed by atoms with Gasteiger partial charge in [0.15, 0.2) is 0 Å². The van der Waals surface area contributed by atoms with Crippen LogP contribution in [-0.2, 0) is 0 Å². The van der Waals surface area contributed by atoms with Crippen LogP contribution in [0.3, 0.4) is 0 Å². The van der Waals surface area contributed by atoms with Gasteiger partial charge in [-0.3, -0.25) is 4.79 Å². The zero-order chi connectivity index (χ0) is 15.4. The zero-order valence-electron chi connectivity index (χ0n) is 12.5. The van der Waals surface area contributed by atoms with Crippen LogP contribution < -0.4 is 5.32 Å². The number of nitrogens with one attached hydrogen (secondary N) is 1. The summed E-state index contributed by atoms with van der Waals surface area (Å²) in [6.07, 6.45) is 2.06. The number of nitrogens with zero attached hydrogens (tertiary/aromatic N) is 1. The van der Waals surface area contributed by atoms with E-state index in [1.165, 1.54) is 18.2 Å². The number of likely N-dealkylation sites (tertiary alicyclic amines) is 1. The van der Waals surface area contributed by atoms with Gasteiger partial charge in [0.2, 0.25) is 0 Å². The van der Waals surface area contributed by atoms with E-state index >= 15 is 0 Å². The Labute approximate surface area is 130 Å². The molecule has 2 rings (SSSR count). The third-order valence-electron chi connectivity index (χ3n) is 3.78. The molecule has 0 aliphatic carbocycles. The van der Waals surface area contributed by atoms with Crippen LogP contribution in [0.5, 0.6) is 0 Å². The van der Waals surface area contributed by atoms with Crippen molar-refractivity contribution >= 4 is 17.5 Å². The minimum Gasteiger partial charge on any atom is -0.338 e. The average Bonchev–Trinajstić information content (AvgIpc) is 2.47. The van der Waals surface area contributed by atoms with E-state index in [4.69, 9.17) is 11.6 Å². The molecule has 1 unspecified atom stereocenters. The number of rotatable bonds is 4. The summed E-state index contributed by atoms with van der Waals surface area (Å²) in [5.74, 6) is -0.344. The van der Waals surface area contributed by atoms with Crippen LogP contribution in [0.1, 0.15) is 37.0 Å². The van der Waals surface area contributed by atoms with E-state index in [1.807, 2.05) is 0 Å². The van der Waals surface area contributed by atoms with Crippen molar-refractivity contribution in [2.75, 3.05) is 19.6 Å². The van der Waals surface area contributed by atoms with Gasteiger partial charge in [0.05, 0.1) is 5.56 Å². The molecule has 1 aliphatic rings. The van der Waals surface area contributed by atoms with Gasteiger partial charge in [0, 0.05) is 24.2 Å². The van der Waals surface area contributed by atoms with Crippen LogP contribution >= 0.6 is 11.6 Å². The van der Waals surface area contributed by atoms with E-state index in [1.54, 1.807) is 4.90 Å². The number of piperidine rings is 1. The first-order valence-electron chi connectivity index (χ1n) is 7.45. The Morgan fingerprint density at radius 3 is 3.00 bits per heavy atom. The van der Waals surface area contributed by atoms with Crippen LogP contribution in [0, 0.1) is 11.7 Å². The number of halogens is 2. The molecule has 1 atom stereocenters. The second-order valence-electron chi connectivity index (χ2n) is 5.95. The highest BCUT2D eigenvalue weighted by Gasteiger charge is 2.26. The lowest BCUT2D eigenvalue weighted by Gasteiger charge is -2.33. The van der Waals surface area contributed by atoms with Crippen molar-refractivity contribution in [2.45, 2.75) is 32.7 Å². The van der Waals surface area contributed by atoms with Crippen molar-refractivity contribution in [2.24, 2.45) is 5.92 Å². The fourth-order valence-electron chi connectivity index (χ4n) is 2.65. The fraction of sp³-hybridized carbons (Fsp3) is 0.562. The monoisotopic (exact) mass is 312 g/mol. The summed E-state index contributed by atoms with van der Waals surface area (Å²) in [7, 11) is 0. The maximum atomic E-state index is 13.8. The minimum absolute atomic E-state index is 0.0694. The van der Waals surface area contributed by atoms with Gasteiger partial charge < -0.3 is 10.2 Å². The molecule has 1 N–H and O–H groups in total. The standard InChI is InChI=1S/C16H22ClFN2O/c1-11(2)19-9-12-4-3-7-20(10-12)16(21)14-8-13(17)5-6-15(14)18/h5-6,8,11-12,19H,3-4,7,9-10H2,1-2H3. The highest BCUT2D eigenvalue weighted by molar-refractivity contribution is 6.31. The van der Waals surface area contributed by atoms with E-state index in [0.717, 1.165) is 19.4 Å². The number of carbonyl (C=O) groups excluding carboxylic acids is 1. The summed E-state index contributed by atoms with van der Waals surface area (Å²) in [4.78, 5) is 14.2. The first-order valence-corrected chi connectivity index (χ1v) is 7.83. The van der Waals surface area contributed by atoms with Gasteiger partial charge in [-0.2, -0.15) is 0 Å². The first-order chi connectivity index (χ1) is 9.97. The molecule has 1 heterocycles. The number of hydrogen-bond donors (Lipinski definition) is 1. The number of carbonyl (C=O) groups is 1. The SMILES string of the molecule is CC(C)NCC1CCCN(C(=O)c2cc(Cl)ccc2F)C1. The molecule has 0 bridgehead atoms. The molecule has 0 saturated carbocycles. The highest BCUT2D eigenvalue weighted by atomic mass is 35.5. The molecule has 3 nitrogen and oxygen atoms in total. The van der Waals surface area contributed by atoms with Gasteiger partial charge in [-0.15, -0.1) is 0 Å². The van der Waals surface area contributed by atoms with E-state index in [2.05, 4.69) is 19.2 Å². The van der Waals surface area contributed by atoms with E-state index < -0.39 is 5.82 Å². The average molecular weight is 313 g/mol. The second-order valence-corrected chi connectivity index (χ2v) is 6.38. The van der Waals surface area contributed by atoms with E-state index in [9.17, 15) is 9.18 Å². The van der Waals surface area contributed by atoms with Gasteiger partial charge in [0.25, 0.3) is 5.91 Å². The van der Waals surface area contributed by atoms with Gasteiger partial charge in [-0.25, -0.2) is 4.39 Å². The summed E-state index contributed by atoms with van der Waals surface area (Å²) < 4.78 is 13.8. The summed E-state index contributed by atoms with van der Waals surface area (Å²) in [5, 5.41) is 3.79. The smallest absolute Gasteiger partial charge is 0.256 e. The Kier molecular flexibility index (Phi) is 5.59. The topological polar surface area (TPSA) is 32.3 Å². The number of hydrogen-bond acceptors (Lipinski definition) is 2. The summed E-state index contributed by atoms with van der Waals surface area (Å²) in [6.45, 7) is 6.45. The van der Waals surface area contributed by atoms with Crippen LogP contribution in [0.15, 0.2) is 18.2 Å². The van der Waals surface area contributed by atoms with Crippen molar-refractivity contribution in [1.82, 2.24) is 10.2 Å². The normalized spacial score (nSPS) is 19.1. The molecule has 1 aromatic carbocycles. The summed E-state index contributed by atoms with van der Waals surface area (Å²) in [5.41, 5.74) is 0.0694. The second kappa shape index (κ2) is 7.23. The molecule has 21 heavy (non-hydrogen) atoms. The van der Waals surface area contributed by atoms with Crippen LogP contribution in [0.25, 0.3) is 0 Å². The maximum Gasteiger partial charge on any atom is 0.256 e. The molecule has 0 aromatic heterocycles. The van der Waals surface area contributed by atoms with E-state index in [0.29, 0.717) is 30.1 Å². The molecule has 1 aliphatic heterocycles. The van der Waals surface area contributed by atoms with Crippen LogP contribution in [0.2, 0.25) is 5.02 Å². The van der Waals surface area contributed by atoms with Gasteiger partial charge in [-0.1, -0.05) is 25.4 Å². The summed E-state index contributed by atoms with van der Waals surface area (Å²) in [6, 6.07) is 4.55. The number of benzene rings is 1. The third-order valence-corrected chi connectivity index (χ3v) is 4.01. The molecule has 1 amide bonds. The molecule has 5 heteroatoms. The molecule has 116 valence electrons. The molecule has 1 saturated heterocycles. The summed E-state index contributed by atoms with van der Waals surface area (Å²) >= 11 is 5.87. The van der Waals surface area contributed by atoms with Gasteiger partial charge in [-0.05, 0) is 43.5 Å². The molecule has 0 radical (unpaired) electrons. The largest absolute Gasteiger partial charge is 0.338 e. The fourth-order valence-corrected chi connectivity index (χ4v) is 2.82. The van der Waals surface area contributed by atoms with Gasteiger partial charge in [0.1, 0.15) is 5.82 Å². The van der Waals surface area contributed by atoms with Crippen molar-refractivity contribution in [3.8, 4) is 0 Å². The lowest BCUT2D eigenvalue weighted by molar-refractivity contribution is 0.0667. The minimum atomic E-state index is -0.508. The van der Waals surface area contributed by atoms with Crippen molar-refractivity contribution in [1.29, 1.82) is 0 Å². The predicted octanol–water partition coefficient (Wildman–Crippen LogP) is 3.33. The zero-order valence-corrected chi connectivity index (χ0v) is 13.3. The quantitative estimate of drug-likeness (QED) is 0.925. The van der Waals surface area contributed by atoms with Crippen LogP contribution in [-0.4, -0.2) is 36.5 Å². The first kappa shape index (κ1) is 16.2. The molecular formula is C16H22ClFN2O. The molecule has 1 fully saturated rings. The van der Waals surface area contributed by atoms with Gasteiger partial charge >= 0.3 is 0 Å². The third kappa shape index (κ3) is 4.42. The Bertz CT molecular complexity index is 507. The maximum absolute atomic E-state index is 13.8.